The van der Waals surface area contributed by atoms with Crippen molar-refractivity contribution in [2.24, 2.45) is 0 Å². The van der Waals surface area contributed by atoms with Gasteiger partial charge in [0.1, 0.15) is 13.2 Å². The number of aliphatic carboxylic acids is 1. The van der Waals surface area contributed by atoms with Crippen molar-refractivity contribution in [3.05, 3.63) is 29.8 Å². The Bertz CT molecular complexity index is 409. The maximum Gasteiger partial charge on any atom is 0.328 e. The molecule has 0 saturated heterocycles. The van der Waals surface area contributed by atoms with E-state index in [2.05, 4.69) is 0 Å². The van der Waals surface area contributed by atoms with Crippen LogP contribution in [0.2, 0.25) is 0 Å². The van der Waals surface area contributed by atoms with E-state index in [4.69, 9.17) is 14.6 Å². The second kappa shape index (κ2) is 4.04. The molecule has 0 bridgehead atoms. The van der Waals surface area contributed by atoms with Gasteiger partial charge in [0.05, 0.1) is 0 Å². The Kier molecular flexibility index (Phi) is 2.58. The molecule has 0 unspecified atom stereocenters. The van der Waals surface area contributed by atoms with E-state index in [1.165, 1.54) is 6.08 Å². The molecule has 0 amide bonds. The summed E-state index contributed by atoms with van der Waals surface area (Å²) in [5, 5.41) is 8.52. The summed E-state index contributed by atoms with van der Waals surface area (Å²) >= 11 is 0. The van der Waals surface area contributed by atoms with Crippen LogP contribution < -0.4 is 9.47 Å². The van der Waals surface area contributed by atoms with Gasteiger partial charge in [-0.05, 0) is 12.1 Å². The highest BCUT2D eigenvalue weighted by atomic mass is 16.6. The number of para-hydroxylation sites is 1. The summed E-state index contributed by atoms with van der Waals surface area (Å²) in [7, 11) is 0. The molecule has 15 heavy (non-hydrogen) atoms. The van der Waals surface area contributed by atoms with Crippen LogP contribution in [-0.4, -0.2) is 24.3 Å². The van der Waals surface area contributed by atoms with Gasteiger partial charge in [-0.3, -0.25) is 0 Å². The molecule has 0 saturated carbocycles. The molecule has 0 atom stereocenters. The van der Waals surface area contributed by atoms with Crippen molar-refractivity contribution in [2.45, 2.75) is 0 Å². The number of benzene rings is 1. The van der Waals surface area contributed by atoms with E-state index in [0.29, 0.717) is 24.7 Å². The Hall–Kier alpha value is -1.97. The number of carboxylic acid groups (broad SMARTS) is 1. The average molecular weight is 206 g/mol. The fourth-order valence-corrected chi connectivity index (χ4v) is 1.39. The van der Waals surface area contributed by atoms with Gasteiger partial charge in [0.25, 0.3) is 0 Å². The number of hydrogen-bond donors (Lipinski definition) is 1. The lowest BCUT2D eigenvalue weighted by atomic mass is 10.1. The zero-order chi connectivity index (χ0) is 10.7. The van der Waals surface area contributed by atoms with Crippen molar-refractivity contribution >= 4 is 12.0 Å². The number of fused-ring (bicyclic) bond motifs is 1. The van der Waals surface area contributed by atoms with E-state index in [1.54, 1.807) is 18.2 Å². The van der Waals surface area contributed by atoms with Crippen molar-refractivity contribution in [2.75, 3.05) is 13.2 Å². The zero-order valence-electron chi connectivity index (χ0n) is 7.97. The predicted molar refractivity (Wildman–Crippen MR) is 54.1 cm³/mol. The van der Waals surface area contributed by atoms with E-state index >= 15 is 0 Å². The van der Waals surface area contributed by atoms with E-state index in [9.17, 15) is 4.79 Å². The molecule has 4 heteroatoms. The summed E-state index contributed by atoms with van der Waals surface area (Å²) < 4.78 is 10.8. The van der Waals surface area contributed by atoms with Gasteiger partial charge >= 0.3 is 5.97 Å². The standard InChI is InChI=1S/C11H10O4/c12-10(13)5-4-8-2-1-3-9-11(8)15-7-6-14-9/h1-5H,6-7H2,(H,12,13). The Morgan fingerprint density at radius 2 is 2.13 bits per heavy atom. The SMILES string of the molecule is O=C(O)C=Cc1cccc2c1OCCO2. The third-order valence-electron chi connectivity index (χ3n) is 2.00. The van der Waals surface area contributed by atoms with Crippen molar-refractivity contribution in [3.8, 4) is 11.5 Å². The van der Waals surface area contributed by atoms with Gasteiger partial charge < -0.3 is 14.6 Å². The number of hydrogen-bond acceptors (Lipinski definition) is 3. The molecule has 78 valence electrons. The largest absolute Gasteiger partial charge is 0.486 e. The fraction of sp³-hybridized carbons (Fsp3) is 0.182. The molecule has 0 radical (unpaired) electrons. The third-order valence-corrected chi connectivity index (χ3v) is 2.00. The van der Waals surface area contributed by atoms with E-state index in [-0.39, 0.29) is 0 Å². The molecule has 2 rings (SSSR count). The van der Waals surface area contributed by atoms with Crippen molar-refractivity contribution in [1.29, 1.82) is 0 Å². The summed E-state index contributed by atoms with van der Waals surface area (Å²) in [6.45, 7) is 1.02. The molecular weight excluding hydrogens is 196 g/mol. The van der Waals surface area contributed by atoms with Crippen LogP contribution in [0.5, 0.6) is 11.5 Å². The molecule has 1 N–H and O–H groups in total. The second-order valence-electron chi connectivity index (χ2n) is 3.04. The first-order valence-electron chi connectivity index (χ1n) is 4.57. The Morgan fingerprint density at radius 3 is 2.93 bits per heavy atom. The van der Waals surface area contributed by atoms with Crippen LogP contribution >= 0.6 is 0 Å². The highest BCUT2D eigenvalue weighted by Crippen LogP contribution is 2.34. The average Bonchev–Trinajstić information content (AvgIpc) is 2.26. The third kappa shape index (κ3) is 2.10. The maximum absolute atomic E-state index is 10.4. The minimum atomic E-state index is -0.982. The molecule has 0 fully saturated rings. The summed E-state index contributed by atoms with van der Waals surface area (Å²) in [5.74, 6) is 0.291. The number of carboxylic acids is 1. The van der Waals surface area contributed by atoms with Crippen molar-refractivity contribution in [3.63, 3.8) is 0 Å². The highest BCUT2D eigenvalue weighted by Gasteiger charge is 2.13. The molecule has 0 aliphatic carbocycles. The van der Waals surface area contributed by atoms with Gasteiger partial charge in [-0.25, -0.2) is 4.79 Å². The smallest absolute Gasteiger partial charge is 0.328 e. The first kappa shape index (κ1) is 9.58. The summed E-state index contributed by atoms with van der Waals surface area (Å²) in [4.78, 5) is 10.4. The highest BCUT2D eigenvalue weighted by molar-refractivity contribution is 5.86. The van der Waals surface area contributed by atoms with E-state index in [1.807, 2.05) is 0 Å². The van der Waals surface area contributed by atoms with Crippen LogP contribution in [0, 0.1) is 0 Å². The van der Waals surface area contributed by atoms with Gasteiger partial charge in [-0.1, -0.05) is 12.1 Å². The number of ether oxygens (including phenoxy) is 2. The lowest BCUT2D eigenvalue weighted by Gasteiger charge is -2.19. The molecule has 1 aliphatic heterocycles. The molecule has 0 aromatic heterocycles. The minimum absolute atomic E-state index is 0.491. The normalized spacial score (nSPS) is 14.1. The second-order valence-corrected chi connectivity index (χ2v) is 3.04. The number of carbonyl (C=O) groups is 1. The molecular formula is C11H10O4. The topological polar surface area (TPSA) is 55.8 Å². The Morgan fingerprint density at radius 1 is 1.33 bits per heavy atom. The quantitative estimate of drug-likeness (QED) is 0.746. The van der Waals surface area contributed by atoms with Crippen LogP contribution in [0.15, 0.2) is 24.3 Å². The van der Waals surface area contributed by atoms with Crippen LogP contribution in [0.25, 0.3) is 6.08 Å². The molecule has 1 heterocycles. The lowest BCUT2D eigenvalue weighted by molar-refractivity contribution is -0.131. The van der Waals surface area contributed by atoms with E-state index in [0.717, 1.165) is 11.6 Å². The fourth-order valence-electron chi connectivity index (χ4n) is 1.39. The molecule has 1 aromatic rings. The first-order valence-corrected chi connectivity index (χ1v) is 4.57. The van der Waals surface area contributed by atoms with Crippen LogP contribution in [-0.2, 0) is 4.79 Å². The maximum atomic E-state index is 10.4. The summed E-state index contributed by atoms with van der Waals surface area (Å²) in [6, 6.07) is 5.38. The number of rotatable bonds is 2. The summed E-state index contributed by atoms with van der Waals surface area (Å²) in [5.41, 5.74) is 0.717. The van der Waals surface area contributed by atoms with Crippen LogP contribution in [0.3, 0.4) is 0 Å². The van der Waals surface area contributed by atoms with Gasteiger partial charge in [0, 0.05) is 11.6 Å². The Labute approximate surface area is 86.7 Å². The zero-order valence-corrected chi connectivity index (χ0v) is 7.97. The first-order chi connectivity index (χ1) is 7.27. The van der Waals surface area contributed by atoms with Gasteiger partial charge in [-0.2, -0.15) is 0 Å². The molecule has 1 aromatic carbocycles. The molecule has 1 aliphatic rings. The van der Waals surface area contributed by atoms with Crippen LogP contribution in [0.4, 0.5) is 0 Å². The minimum Gasteiger partial charge on any atom is -0.486 e. The van der Waals surface area contributed by atoms with E-state index < -0.39 is 5.97 Å². The van der Waals surface area contributed by atoms with Gasteiger partial charge in [0.15, 0.2) is 11.5 Å². The van der Waals surface area contributed by atoms with Gasteiger partial charge in [0.2, 0.25) is 0 Å². The predicted octanol–water partition coefficient (Wildman–Crippen LogP) is 1.56. The van der Waals surface area contributed by atoms with Crippen LogP contribution in [0.1, 0.15) is 5.56 Å². The Balaban J connectivity index is 2.35. The van der Waals surface area contributed by atoms with Gasteiger partial charge in [-0.15, -0.1) is 0 Å². The van der Waals surface area contributed by atoms with Crippen molar-refractivity contribution < 1.29 is 19.4 Å². The monoisotopic (exact) mass is 206 g/mol. The lowest BCUT2D eigenvalue weighted by Crippen LogP contribution is -2.15. The summed E-state index contributed by atoms with van der Waals surface area (Å²) in [6.07, 6.45) is 2.57. The molecule has 4 nitrogen and oxygen atoms in total. The van der Waals surface area contributed by atoms with Crippen molar-refractivity contribution in [1.82, 2.24) is 0 Å². The molecule has 0 spiro atoms.